The predicted molar refractivity (Wildman–Crippen MR) is 49.5 cm³/mol. The van der Waals surface area contributed by atoms with Crippen LogP contribution in [0.4, 0.5) is 0 Å². The van der Waals surface area contributed by atoms with Crippen molar-refractivity contribution in [3.8, 4) is 0 Å². The first kappa shape index (κ1) is 8.61. The fraction of sp³-hybridized carbons (Fsp3) is 0.300. The smallest absolute Gasteiger partial charge is 0.0952 e. The van der Waals surface area contributed by atoms with Crippen LogP contribution in [0.2, 0.25) is 0 Å². The molecule has 1 heteroatoms. The van der Waals surface area contributed by atoms with Gasteiger partial charge in [-0.15, -0.1) is 11.6 Å². The lowest BCUT2D eigenvalue weighted by Gasteiger charge is -2.11. The van der Waals surface area contributed by atoms with Crippen molar-refractivity contribution in [3.63, 3.8) is 0 Å². The summed E-state index contributed by atoms with van der Waals surface area (Å²) >= 11 is 6.06. The molecule has 0 unspecified atom stereocenters. The molecule has 11 heavy (non-hydrogen) atoms. The Labute approximate surface area is 73.2 Å². The van der Waals surface area contributed by atoms with E-state index in [9.17, 15) is 0 Å². The van der Waals surface area contributed by atoms with Crippen LogP contribution in [0.15, 0.2) is 30.3 Å². The Morgan fingerprint density at radius 3 is 2.18 bits per heavy atom. The van der Waals surface area contributed by atoms with Crippen LogP contribution in [0.3, 0.4) is 0 Å². The van der Waals surface area contributed by atoms with E-state index in [1.54, 1.807) is 0 Å². The minimum atomic E-state index is 0.416. The summed E-state index contributed by atoms with van der Waals surface area (Å²) in [6, 6.07) is 10.1. The van der Waals surface area contributed by atoms with Gasteiger partial charge in [-0.3, -0.25) is 0 Å². The Morgan fingerprint density at radius 1 is 1.18 bits per heavy atom. The van der Waals surface area contributed by atoms with Crippen LogP contribution in [0.1, 0.15) is 19.4 Å². The molecule has 0 nitrogen and oxygen atoms in total. The van der Waals surface area contributed by atoms with Crippen LogP contribution < -0.4 is 0 Å². The Bertz CT molecular complexity index is 203. The zero-order valence-electron chi connectivity index (χ0n) is 6.84. The van der Waals surface area contributed by atoms with Crippen LogP contribution >= 0.6 is 11.6 Å². The van der Waals surface area contributed by atoms with Crippen LogP contribution in [0.5, 0.6) is 0 Å². The van der Waals surface area contributed by atoms with E-state index in [-0.39, 0.29) is 0 Å². The summed E-state index contributed by atoms with van der Waals surface area (Å²) < 4.78 is 0. The molecular formula is C10H12Cl. The minimum Gasteiger partial charge on any atom is -0.111 e. The van der Waals surface area contributed by atoms with Crippen molar-refractivity contribution < 1.29 is 0 Å². The molecule has 0 N–H and O–H groups in total. The normalized spacial score (nSPS) is 11.0. The molecule has 0 heterocycles. The molecule has 0 amide bonds. The number of halogens is 1. The summed E-state index contributed by atoms with van der Waals surface area (Å²) in [6.07, 6.45) is 0. The summed E-state index contributed by atoms with van der Waals surface area (Å²) in [4.78, 5) is 0. The molecule has 1 radical (unpaired) electrons. The number of hydrogen-bond donors (Lipinski definition) is 0. The van der Waals surface area contributed by atoms with Crippen LogP contribution in [-0.2, 0) is 0 Å². The summed E-state index contributed by atoms with van der Waals surface area (Å²) in [7, 11) is 0. The average molecular weight is 168 g/mol. The van der Waals surface area contributed by atoms with Gasteiger partial charge in [-0.1, -0.05) is 44.2 Å². The highest BCUT2D eigenvalue weighted by Gasteiger charge is 2.11. The molecule has 0 aromatic heterocycles. The molecule has 1 aromatic rings. The van der Waals surface area contributed by atoms with Gasteiger partial charge in [0.05, 0.1) is 5.38 Å². The highest BCUT2D eigenvalue weighted by molar-refractivity contribution is 6.29. The van der Waals surface area contributed by atoms with E-state index in [1.165, 1.54) is 0 Å². The second-order valence-corrected chi connectivity index (χ2v) is 3.28. The summed E-state index contributed by atoms with van der Waals surface area (Å²) in [5.41, 5.74) is 1.13. The molecule has 0 bridgehead atoms. The molecule has 0 aliphatic rings. The van der Waals surface area contributed by atoms with E-state index >= 15 is 0 Å². The van der Waals surface area contributed by atoms with E-state index in [2.05, 4.69) is 13.8 Å². The second kappa shape index (κ2) is 3.77. The lowest BCUT2D eigenvalue weighted by atomic mass is 10.0. The summed E-state index contributed by atoms with van der Waals surface area (Å²) in [5, 5.41) is 0.936. The molecular weight excluding hydrogens is 156 g/mol. The largest absolute Gasteiger partial charge is 0.111 e. The Morgan fingerprint density at radius 2 is 1.73 bits per heavy atom. The van der Waals surface area contributed by atoms with Gasteiger partial charge in [0.15, 0.2) is 0 Å². The van der Waals surface area contributed by atoms with Crippen molar-refractivity contribution >= 4 is 11.6 Å². The maximum atomic E-state index is 6.06. The molecule has 0 atom stereocenters. The standard InChI is InChI=1S/C10H12Cl/c1-8(2)10(11)9-6-4-3-5-7-9/h3-8H,1-2H3. The molecule has 1 rings (SSSR count). The Hall–Kier alpha value is -0.490. The topological polar surface area (TPSA) is 0 Å². The van der Waals surface area contributed by atoms with E-state index in [4.69, 9.17) is 11.6 Å². The minimum absolute atomic E-state index is 0.416. The zero-order chi connectivity index (χ0) is 8.27. The highest BCUT2D eigenvalue weighted by Crippen LogP contribution is 2.26. The first-order valence-electron chi connectivity index (χ1n) is 3.79. The van der Waals surface area contributed by atoms with Crippen molar-refractivity contribution in [2.24, 2.45) is 5.92 Å². The zero-order valence-corrected chi connectivity index (χ0v) is 7.60. The molecule has 0 saturated heterocycles. The quantitative estimate of drug-likeness (QED) is 0.633. The van der Waals surface area contributed by atoms with Gasteiger partial charge in [0.2, 0.25) is 0 Å². The maximum absolute atomic E-state index is 6.06. The molecule has 59 valence electrons. The Balaban J connectivity index is 2.77. The van der Waals surface area contributed by atoms with Crippen molar-refractivity contribution in [2.75, 3.05) is 0 Å². The Kier molecular flexibility index (Phi) is 2.95. The predicted octanol–water partition coefficient (Wildman–Crippen LogP) is 3.46. The van der Waals surface area contributed by atoms with Crippen molar-refractivity contribution in [2.45, 2.75) is 13.8 Å². The van der Waals surface area contributed by atoms with Crippen LogP contribution in [0, 0.1) is 11.3 Å². The summed E-state index contributed by atoms with van der Waals surface area (Å²) in [5.74, 6) is 0.416. The van der Waals surface area contributed by atoms with E-state index in [1.807, 2.05) is 30.3 Å². The maximum Gasteiger partial charge on any atom is 0.0952 e. The van der Waals surface area contributed by atoms with Gasteiger partial charge in [-0.25, -0.2) is 0 Å². The molecule has 0 spiro atoms. The first-order chi connectivity index (χ1) is 5.22. The van der Waals surface area contributed by atoms with Crippen molar-refractivity contribution in [1.29, 1.82) is 0 Å². The van der Waals surface area contributed by atoms with Gasteiger partial charge < -0.3 is 0 Å². The number of rotatable bonds is 2. The molecule has 0 saturated carbocycles. The van der Waals surface area contributed by atoms with E-state index in [0.717, 1.165) is 10.9 Å². The third-order valence-corrected chi connectivity index (χ3v) is 2.21. The molecule has 0 fully saturated rings. The number of hydrogen-bond acceptors (Lipinski definition) is 0. The van der Waals surface area contributed by atoms with Crippen molar-refractivity contribution in [1.82, 2.24) is 0 Å². The number of benzene rings is 1. The third kappa shape index (κ3) is 2.23. The lowest BCUT2D eigenvalue weighted by molar-refractivity contribution is 0.750. The molecule has 1 aromatic carbocycles. The van der Waals surface area contributed by atoms with Gasteiger partial charge in [-0.05, 0) is 11.5 Å². The highest BCUT2D eigenvalue weighted by atomic mass is 35.5. The van der Waals surface area contributed by atoms with Crippen LogP contribution in [0.25, 0.3) is 0 Å². The van der Waals surface area contributed by atoms with E-state index in [0.29, 0.717) is 5.92 Å². The van der Waals surface area contributed by atoms with Gasteiger partial charge in [0, 0.05) is 0 Å². The monoisotopic (exact) mass is 167 g/mol. The van der Waals surface area contributed by atoms with Crippen LogP contribution in [-0.4, -0.2) is 0 Å². The average Bonchev–Trinajstić information content (AvgIpc) is 2.05. The first-order valence-corrected chi connectivity index (χ1v) is 4.17. The van der Waals surface area contributed by atoms with Gasteiger partial charge in [0.25, 0.3) is 0 Å². The van der Waals surface area contributed by atoms with Crippen molar-refractivity contribution in [3.05, 3.63) is 41.3 Å². The van der Waals surface area contributed by atoms with Gasteiger partial charge >= 0.3 is 0 Å². The summed E-state index contributed by atoms with van der Waals surface area (Å²) in [6.45, 7) is 4.19. The van der Waals surface area contributed by atoms with Gasteiger partial charge in [0.1, 0.15) is 0 Å². The third-order valence-electron chi connectivity index (χ3n) is 1.56. The fourth-order valence-corrected chi connectivity index (χ4v) is 1.06. The van der Waals surface area contributed by atoms with E-state index < -0.39 is 0 Å². The molecule has 0 aliphatic carbocycles. The molecule has 0 aliphatic heterocycles. The SMILES string of the molecule is CC(C)[C](Cl)c1ccccc1. The lowest BCUT2D eigenvalue weighted by Crippen LogP contribution is -1.99. The van der Waals surface area contributed by atoms with Gasteiger partial charge in [-0.2, -0.15) is 0 Å². The second-order valence-electron chi connectivity index (χ2n) is 2.87. The fourth-order valence-electron chi connectivity index (χ4n) is 0.931.